The summed E-state index contributed by atoms with van der Waals surface area (Å²) in [6, 6.07) is 0. The van der Waals surface area contributed by atoms with E-state index in [0.29, 0.717) is 23.5 Å². The molecule has 8 heteroatoms. The molecule has 0 saturated carbocycles. The Morgan fingerprint density at radius 3 is 2.79 bits per heavy atom. The van der Waals surface area contributed by atoms with Crippen molar-refractivity contribution in [2.45, 2.75) is 13.3 Å². The molecule has 0 spiro atoms. The molecular formula is C11H13N5O3. The molecule has 0 bridgehead atoms. The van der Waals surface area contributed by atoms with Gasteiger partial charge in [-0.1, -0.05) is 6.92 Å². The van der Waals surface area contributed by atoms with E-state index in [2.05, 4.69) is 15.1 Å². The second-order valence-corrected chi connectivity index (χ2v) is 4.00. The Labute approximate surface area is 108 Å². The summed E-state index contributed by atoms with van der Waals surface area (Å²) in [4.78, 5) is 31.9. The first-order valence-electron chi connectivity index (χ1n) is 5.69. The smallest absolute Gasteiger partial charge is 0.323 e. The van der Waals surface area contributed by atoms with Gasteiger partial charge in [-0.15, -0.1) is 0 Å². The van der Waals surface area contributed by atoms with Crippen LogP contribution in [0.15, 0.2) is 12.5 Å². The normalized spacial score (nSPS) is 10.6. The zero-order valence-electron chi connectivity index (χ0n) is 10.6. The molecule has 0 unspecified atom stereocenters. The van der Waals surface area contributed by atoms with E-state index < -0.39 is 11.9 Å². The standard InChI is InChI=1S/C11H13N5O3/c1-3-8-7(10(19)15(2)5-9(17)18)4-12-11-13-6-14-16(8)11/h4,6H,3,5H2,1-2H3,(H,17,18). The van der Waals surface area contributed by atoms with E-state index >= 15 is 0 Å². The van der Waals surface area contributed by atoms with Crippen molar-refractivity contribution >= 4 is 17.7 Å². The molecule has 0 aromatic carbocycles. The maximum absolute atomic E-state index is 12.2. The molecule has 100 valence electrons. The van der Waals surface area contributed by atoms with Crippen molar-refractivity contribution in [1.82, 2.24) is 24.5 Å². The second-order valence-electron chi connectivity index (χ2n) is 4.00. The van der Waals surface area contributed by atoms with Gasteiger partial charge >= 0.3 is 5.97 Å². The minimum absolute atomic E-state index is 0.337. The Morgan fingerprint density at radius 1 is 1.42 bits per heavy atom. The van der Waals surface area contributed by atoms with Gasteiger partial charge in [0.15, 0.2) is 0 Å². The molecule has 0 radical (unpaired) electrons. The first-order chi connectivity index (χ1) is 9.04. The number of carboxylic acids is 1. The fraction of sp³-hybridized carbons (Fsp3) is 0.364. The zero-order chi connectivity index (χ0) is 14.0. The highest BCUT2D eigenvalue weighted by molar-refractivity contribution is 5.96. The van der Waals surface area contributed by atoms with Crippen LogP contribution in [0.3, 0.4) is 0 Å². The van der Waals surface area contributed by atoms with Gasteiger partial charge in [-0.3, -0.25) is 9.59 Å². The van der Waals surface area contributed by atoms with Gasteiger partial charge in [-0.25, -0.2) is 9.50 Å². The molecule has 0 atom stereocenters. The highest BCUT2D eigenvalue weighted by Gasteiger charge is 2.20. The maximum atomic E-state index is 12.2. The summed E-state index contributed by atoms with van der Waals surface area (Å²) in [5.74, 6) is -1.05. The molecule has 0 fully saturated rings. The number of aliphatic carboxylic acids is 1. The first kappa shape index (κ1) is 12.9. The molecular weight excluding hydrogens is 250 g/mol. The number of hydrogen-bond acceptors (Lipinski definition) is 5. The largest absolute Gasteiger partial charge is 0.480 e. The highest BCUT2D eigenvalue weighted by Crippen LogP contribution is 2.12. The van der Waals surface area contributed by atoms with Crippen LogP contribution in [0.1, 0.15) is 23.0 Å². The lowest BCUT2D eigenvalue weighted by atomic mass is 10.1. The van der Waals surface area contributed by atoms with E-state index in [1.165, 1.54) is 24.1 Å². The number of nitrogens with zero attached hydrogens (tertiary/aromatic N) is 5. The third-order valence-electron chi connectivity index (χ3n) is 2.69. The SMILES string of the molecule is CCc1c(C(=O)N(C)CC(=O)O)cnc2ncnn12. The first-order valence-corrected chi connectivity index (χ1v) is 5.69. The maximum Gasteiger partial charge on any atom is 0.323 e. The number of carbonyl (C=O) groups excluding carboxylic acids is 1. The number of rotatable bonds is 4. The number of aryl methyl sites for hydroxylation is 1. The number of fused-ring (bicyclic) bond motifs is 1. The van der Waals surface area contributed by atoms with Crippen LogP contribution in [0.4, 0.5) is 0 Å². The molecule has 1 amide bonds. The lowest BCUT2D eigenvalue weighted by Crippen LogP contribution is -2.33. The van der Waals surface area contributed by atoms with Crippen molar-refractivity contribution in [2.24, 2.45) is 0 Å². The Bertz CT molecular complexity index is 636. The average Bonchev–Trinajstić information content (AvgIpc) is 2.83. The van der Waals surface area contributed by atoms with Crippen LogP contribution in [0.25, 0.3) is 5.78 Å². The summed E-state index contributed by atoms with van der Waals surface area (Å²) in [7, 11) is 1.43. The molecule has 0 aliphatic carbocycles. The zero-order valence-corrected chi connectivity index (χ0v) is 10.6. The summed E-state index contributed by atoms with van der Waals surface area (Å²) < 4.78 is 1.49. The fourth-order valence-electron chi connectivity index (χ4n) is 1.82. The predicted octanol–water partition coefficient (Wildman–Crippen LogP) is -0.157. The van der Waals surface area contributed by atoms with Crippen LogP contribution < -0.4 is 0 Å². The van der Waals surface area contributed by atoms with Gasteiger partial charge in [0, 0.05) is 13.2 Å². The van der Waals surface area contributed by atoms with Crippen molar-refractivity contribution in [3.05, 3.63) is 23.8 Å². The van der Waals surface area contributed by atoms with Crippen LogP contribution in [-0.4, -0.2) is 55.1 Å². The molecule has 2 aromatic heterocycles. The second kappa shape index (κ2) is 5.01. The highest BCUT2D eigenvalue weighted by atomic mass is 16.4. The third-order valence-corrected chi connectivity index (χ3v) is 2.69. The number of amides is 1. The predicted molar refractivity (Wildman–Crippen MR) is 64.8 cm³/mol. The number of likely N-dealkylation sites (N-methyl/N-ethyl adjacent to an activating group) is 1. The van der Waals surface area contributed by atoms with Crippen molar-refractivity contribution < 1.29 is 14.7 Å². The molecule has 2 aromatic rings. The van der Waals surface area contributed by atoms with Crippen LogP contribution in [-0.2, 0) is 11.2 Å². The quantitative estimate of drug-likeness (QED) is 0.822. The Morgan fingerprint density at radius 2 is 2.16 bits per heavy atom. The lowest BCUT2D eigenvalue weighted by molar-refractivity contribution is -0.137. The van der Waals surface area contributed by atoms with Crippen molar-refractivity contribution in [3.63, 3.8) is 0 Å². The Balaban J connectivity index is 2.43. The van der Waals surface area contributed by atoms with E-state index in [-0.39, 0.29) is 6.54 Å². The van der Waals surface area contributed by atoms with Gasteiger partial charge in [-0.2, -0.15) is 10.1 Å². The molecule has 8 nitrogen and oxygen atoms in total. The van der Waals surface area contributed by atoms with E-state index in [1.54, 1.807) is 0 Å². The van der Waals surface area contributed by atoms with Crippen molar-refractivity contribution in [3.8, 4) is 0 Å². The topological polar surface area (TPSA) is 101 Å². The summed E-state index contributed by atoms with van der Waals surface area (Å²) >= 11 is 0. The van der Waals surface area contributed by atoms with E-state index in [1.807, 2.05) is 6.92 Å². The van der Waals surface area contributed by atoms with Crippen molar-refractivity contribution in [2.75, 3.05) is 13.6 Å². The van der Waals surface area contributed by atoms with Gasteiger partial charge in [0.25, 0.3) is 11.7 Å². The molecule has 0 aliphatic rings. The van der Waals surface area contributed by atoms with E-state index in [9.17, 15) is 9.59 Å². The minimum atomic E-state index is -1.07. The van der Waals surface area contributed by atoms with Gasteiger partial charge < -0.3 is 10.0 Å². The third kappa shape index (κ3) is 2.37. The fourth-order valence-corrected chi connectivity index (χ4v) is 1.82. The van der Waals surface area contributed by atoms with E-state index in [0.717, 1.165) is 4.90 Å². The lowest BCUT2D eigenvalue weighted by Gasteiger charge is -2.16. The number of aromatic nitrogens is 4. The van der Waals surface area contributed by atoms with Gasteiger partial charge in [0.1, 0.15) is 12.9 Å². The van der Waals surface area contributed by atoms with Gasteiger partial charge in [-0.05, 0) is 6.42 Å². The molecule has 1 N–H and O–H groups in total. The summed E-state index contributed by atoms with van der Waals surface area (Å²) in [6.07, 6.45) is 3.32. The molecule has 19 heavy (non-hydrogen) atoms. The molecule has 2 heterocycles. The van der Waals surface area contributed by atoms with Crippen LogP contribution in [0.5, 0.6) is 0 Å². The monoisotopic (exact) mass is 263 g/mol. The molecule has 0 aliphatic heterocycles. The number of hydrogen-bond donors (Lipinski definition) is 1. The summed E-state index contributed by atoms with van der Waals surface area (Å²) in [5, 5.41) is 12.7. The number of carboxylic acid groups (broad SMARTS) is 1. The van der Waals surface area contributed by atoms with Gasteiger partial charge in [0.05, 0.1) is 11.3 Å². The minimum Gasteiger partial charge on any atom is -0.480 e. The molecule has 0 saturated heterocycles. The summed E-state index contributed by atoms with van der Waals surface area (Å²) in [5.41, 5.74) is 0.994. The van der Waals surface area contributed by atoms with Crippen LogP contribution >= 0.6 is 0 Å². The average molecular weight is 263 g/mol. The summed E-state index contributed by atoms with van der Waals surface area (Å²) in [6.45, 7) is 1.52. The van der Waals surface area contributed by atoms with Crippen LogP contribution in [0.2, 0.25) is 0 Å². The Kier molecular flexibility index (Phi) is 3.41. The van der Waals surface area contributed by atoms with E-state index in [4.69, 9.17) is 5.11 Å². The van der Waals surface area contributed by atoms with Crippen LogP contribution in [0, 0.1) is 0 Å². The Hall–Kier alpha value is -2.51. The number of carbonyl (C=O) groups is 2. The van der Waals surface area contributed by atoms with Gasteiger partial charge in [0.2, 0.25) is 0 Å². The molecule has 2 rings (SSSR count). The van der Waals surface area contributed by atoms with Crippen molar-refractivity contribution in [1.29, 1.82) is 0 Å².